The van der Waals surface area contributed by atoms with E-state index in [0.29, 0.717) is 18.4 Å². The maximum absolute atomic E-state index is 10.2. The first-order chi connectivity index (χ1) is 13.1. The largest absolute Gasteiger partial charge is 0.497 e. The Bertz CT molecular complexity index is 695. The number of hydrogen-bond donors (Lipinski definition) is 3. The standard InChI is InChI=1S/C21H30N4O2.HI/c1-4-23-21(25-15-20(26)18-10-12-22-13-11-18)24-14-9-16(2)17-5-7-19(27-3)8-6-17;/h5-8,10-13,16,20,26H,4,9,14-15H2,1-3H3,(H2,23,24,25);1H. The molecule has 0 bridgehead atoms. The number of aliphatic hydroxyl groups excluding tert-OH is 1. The first kappa shape index (κ1) is 24.2. The van der Waals surface area contributed by atoms with Gasteiger partial charge in [0, 0.05) is 25.5 Å². The van der Waals surface area contributed by atoms with Crippen molar-refractivity contribution in [3.05, 3.63) is 59.9 Å². The normalized spacial score (nSPS) is 13.2. The van der Waals surface area contributed by atoms with Gasteiger partial charge in [0.05, 0.1) is 19.8 Å². The lowest BCUT2D eigenvalue weighted by Gasteiger charge is -2.16. The quantitative estimate of drug-likeness (QED) is 0.280. The number of halogens is 1. The molecular formula is C21H31IN4O2. The third-order valence-electron chi connectivity index (χ3n) is 4.41. The Morgan fingerprint density at radius 3 is 2.39 bits per heavy atom. The summed E-state index contributed by atoms with van der Waals surface area (Å²) in [5.74, 6) is 2.01. The number of methoxy groups -OCH3 is 1. The summed E-state index contributed by atoms with van der Waals surface area (Å²) < 4.78 is 5.21. The van der Waals surface area contributed by atoms with Crippen molar-refractivity contribution in [3.63, 3.8) is 0 Å². The Balaban J connectivity index is 0.00000392. The molecule has 2 aromatic rings. The number of aliphatic hydroxyl groups is 1. The maximum atomic E-state index is 10.2. The fraction of sp³-hybridized carbons (Fsp3) is 0.429. The van der Waals surface area contributed by atoms with Gasteiger partial charge in [-0.25, -0.2) is 0 Å². The molecule has 1 heterocycles. The number of nitrogens with zero attached hydrogens (tertiary/aromatic N) is 2. The predicted molar refractivity (Wildman–Crippen MR) is 125 cm³/mol. The van der Waals surface area contributed by atoms with E-state index in [1.165, 1.54) is 5.56 Å². The van der Waals surface area contributed by atoms with Crippen molar-refractivity contribution in [2.24, 2.45) is 4.99 Å². The third-order valence-corrected chi connectivity index (χ3v) is 4.41. The molecule has 0 fully saturated rings. The van der Waals surface area contributed by atoms with E-state index in [0.717, 1.165) is 30.8 Å². The lowest BCUT2D eigenvalue weighted by Crippen LogP contribution is -2.38. The first-order valence-electron chi connectivity index (χ1n) is 9.38. The number of nitrogens with one attached hydrogen (secondary N) is 2. The summed E-state index contributed by atoms with van der Waals surface area (Å²) in [7, 11) is 1.68. The molecule has 0 aliphatic rings. The molecule has 2 unspecified atom stereocenters. The molecule has 0 saturated heterocycles. The van der Waals surface area contributed by atoms with Gasteiger partial charge in [-0.1, -0.05) is 19.1 Å². The van der Waals surface area contributed by atoms with Crippen LogP contribution in [0.5, 0.6) is 5.75 Å². The zero-order valence-corrected chi connectivity index (χ0v) is 19.1. The van der Waals surface area contributed by atoms with Crippen molar-refractivity contribution in [3.8, 4) is 5.75 Å². The molecule has 0 aliphatic heterocycles. The van der Waals surface area contributed by atoms with Crippen LogP contribution in [0.15, 0.2) is 53.8 Å². The molecule has 0 spiro atoms. The first-order valence-corrected chi connectivity index (χ1v) is 9.38. The number of benzene rings is 1. The molecule has 3 N–H and O–H groups in total. The zero-order valence-electron chi connectivity index (χ0n) is 16.8. The van der Waals surface area contributed by atoms with Crippen LogP contribution in [0.4, 0.5) is 0 Å². The van der Waals surface area contributed by atoms with Crippen molar-refractivity contribution in [2.45, 2.75) is 32.3 Å². The summed E-state index contributed by atoms with van der Waals surface area (Å²) in [6.07, 6.45) is 3.68. The van der Waals surface area contributed by atoms with Crippen LogP contribution in [0.2, 0.25) is 0 Å². The molecule has 0 aliphatic carbocycles. The van der Waals surface area contributed by atoms with Crippen LogP contribution in [0.25, 0.3) is 0 Å². The van der Waals surface area contributed by atoms with E-state index >= 15 is 0 Å². The molecule has 28 heavy (non-hydrogen) atoms. The lowest BCUT2D eigenvalue weighted by atomic mass is 9.98. The predicted octanol–water partition coefficient (Wildman–Crippen LogP) is 3.49. The minimum atomic E-state index is -0.637. The monoisotopic (exact) mass is 498 g/mol. The number of aromatic nitrogens is 1. The second kappa shape index (κ2) is 13.3. The van der Waals surface area contributed by atoms with E-state index in [9.17, 15) is 5.11 Å². The SMILES string of the molecule is CCNC(=NCC(O)c1ccncc1)NCCC(C)c1ccc(OC)cc1.I. The molecule has 0 amide bonds. The van der Waals surface area contributed by atoms with Crippen molar-refractivity contribution in [1.82, 2.24) is 15.6 Å². The molecule has 154 valence electrons. The summed E-state index contributed by atoms with van der Waals surface area (Å²) in [4.78, 5) is 8.45. The highest BCUT2D eigenvalue weighted by atomic mass is 127. The summed E-state index contributed by atoms with van der Waals surface area (Å²) >= 11 is 0. The van der Waals surface area contributed by atoms with Gasteiger partial charge >= 0.3 is 0 Å². The van der Waals surface area contributed by atoms with E-state index < -0.39 is 6.10 Å². The van der Waals surface area contributed by atoms with Crippen LogP contribution in [-0.2, 0) is 0 Å². The van der Waals surface area contributed by atoms with Gasteiger partial charge in [-0.05, 0) is 54.7 Å². The molecule has 0 radical (unpaired) electrons. The third kappa shape index (κ3) is 8.02. The van der Waals surface area contributed by atoms with Crippen LogP contribution in [-0.4, -0.2) is 42.8 Å². The molecule has 2 atom stereocenters. The van der Waals surface area contributed by atoms with Gasteiger partial charge in [-0.3, -0.25) is 9.98 Å². The van der Waals surface area contributed by atoms with E-state index in [-0.39, 0.29) is 24.0 Å². The average molecular weight is 498 g/mol. The van der Waals surface area contributed by atoms with Crippen LogP contribution in [0.3, 0.4) is 0 Å². The molecule has 7 heteroatoms. The Hall–Kier alpha value is -1.87. The Morgan fingerprint density at radius 2 is 1.79 bits per heavy atom. The van der Waals surface area contributed by atoms with E-state index in [1.54, 1.807) is 31.6 Å². The van der Waals surface area contributed by atoms with E-state index in [1.807, 2.05) is 19.1 Å². The highest BCUT2D eigenvalue weighted by Crippen LogP contribution is 2.21. The molecule has 1 aromatic carbocycles. The summed E-state index contributed by atoms with van der Waals surface area (Å²) in [6.45, 7) is 6.10. The number of aliphatic imine (C=N–C) groups is 1. The van der Waals surface area contributed by atoms with E-state index in [2.05, 4.69) is 39.7 Å². The van der Waals surface area contributed by atoms with Gasteiger partial charge in [0.1, 0.15) is 5.75 Å². The van der Waals surface area contributed by atoms with E-state index in [4.69, 9.17) is 4.74 Å². The van der Waals surface area contributed by atoms with Crippen LogP contribution in [0, 0.1) is 0 Å². The number of rotatable bonds is 9. The summed E-state index contributed by atoms with van der Waals surface area (Å²) in [5, 5.41) is 16.8. The number of ether oxygens (including phenoxy) is 1. The summed E-state index contributed by atoms with van der Waals surface area (Å²) in [6, 6.07) is 11.8. The van der Waals surface area contributed by atoms with Gasteiger partial charge in [0.15, 0.2) is 5.96 Å². The zero-order chi connectivity index (χ0) is 19.5. The van der Waals surface area contributed by atoms with Gasteiger partial charge in [0.2, 0.25) is 0 Å². The van der Waals surface area contributed by atoms with Crippen molar-refractivity contribution < 1.29 is 9.84 Å². The maximum Gasteiger partial charge on any atom is 0.191 e. The Labute approximate surface area is 184 Å². The highest BCUT2D eigenvalue weighted by Gasteiger charge is 2.08. The minimum absolute atomic E-state index is 0. The van der Waals surface area contributed by atoms with Gasteiger partial charge in [0.25, 0.3) is 0 Å². The fourth-order valence-electron chi connectivity index (χ4n) is 2.72. The Morgan fingerprint density at radius 1 is 1.11 bits per heavy atom. The van der Waals surface area contributed by atoms with Gasteiger partial charge < -0.3 is 20.5 Å². The lowest BCUT2D eigenvalue weighted by molar-refractivity contribution is 0.187. The molecular weight excluding hydrogens is 467 g/mol. The Kier molecular flexibility index (Phi) is 11.5. The van der Waals surface area contributed by atoms with Crippen molar-refractivity contribution in [1.29, 1.82) is 0 Å². The minimum Gasteiger partial charge on any atom is -0.497 e. The molecule has 1 aromatic heterocycles. The van der Waals surface area contributed by atoms with Crippen LogP contribution < -0.4 is 15.4 Å². The smallest absolute Gasteiger partial charge is 0.191 e. The fourth-order valence-corrected chi connectivity index (χ4v) is 2.72. The number of guanidine groups is 1. The summed E-state index contributed by atoms with van der Waals surface area (Å²) in [5.41, 5.74) is 2.10. The highest BCUT2D eigenvalue weighted by molar-refractivity contribution is 14.0. The second-order valence-corrected chi connectivity index (χ2v) is 6.41. The van der Waals surface area contributed by atoms with Crippen LogP contribution in [0.1, 0.15) is 43.4 Å². The molecule has 2 rings (SSSR count). The van der Waals surface area contributed by atoms with Gasteiger partial charge in [-0.2, -0.15) is 0 Å². The van der Waals surface area contributed by atoms with Gasteiger partial charge in [-0.15, -0.1) is 24.0 Å². The van der Waals surface area contributed by atoms with Crippen molar-refractivity contribution >= 4 is 29.9 Å². The molecule has 0 saturated carbocycles. The number of hydrogen-bond acceptors (Lipinski definition) is 4. The molecule has 6 nitrogen and oxygen atoms in total. The second-order valence-electron chi connectivity index (χ2n) is 6.41. The topological polar surface area (TPSA) is 78.8 Å². The van der Waals surface area contributed by atoms with Crippen molar-refractivity contribution in [2.75, 3.05) is 26.7 Å². The average Bonchev–Trinajstić information content (AvgIpc) is 2.72. The number of pyridine rings is 1. The van der Waals surface area contributed by atoms with Crippen LogP contribution >= 0.6 is 24.0 Å².